The van der Waals surface area contributed by atoms with Crippen molar-refractivity contribution in [1.29, 1.82) is 0 Å². The Morgan fingerprint density at radius 1 is 1.33 bits per heavy atom. The molecule has 3 amide bonds. The van der Waals surface area contributed by atoms with E-state index in [9.17, 15) is 14.4 Å². The highest BCUT2D eigenvalue weighted by molar-refractivity contribution is 6.34. The Labute approximate surface area is 144 Å². The summed E-state index contributed by atoms with van der Waals surface area (Å²) >= 11 is 6.15. The molecule has 1 aromatic carbocycles. The van der Waals surface area contributed by atoms with E-state index in [1.165, 1.54) is 4.90 Å². The molecule has 0 spiro atoms. The Kier molecular flexibility index (Phi) is 4.62. The summed E-state index contributed by atoms with van der Waals surface area (Å²) in [5.74, 6) is -1.51. The number of urea groups is 1. The summed E-state index contributed by atoms with van der Waals surface area (Å²) in [6, 6.07) is 4.39. The molecular weight excluding hydrogens is 334 g/mol. The molecule has 1 aliphatic heterocycles. The van der Waals surface area contributed by atoms with Gasteiger partial charge in [-0.1, -0.05) is 11.6 Å². The van der Waals surface area contributed by atoms with Gasteiger partial charge in [0.2, 0.25) is 0 Å². The van der Waals surface area contributed by atoms with Crippen LogP contribution in [0.3, 0.4) is 0 Å². The van der Waals surface area contributed by atoms with E-state index in [1.54, 1.807) is 18.2 Å². The van der Waals surface area contributed by atoms with Gasteiger partial charge in [-0.3, -0.25) is 14.5 Å². The van der Waals surface area contributed by atoms with Crippen LogP contribution in [0.4, 0.5) is 10.5 Å². The van der Waals surface area contributed by atoms with Gasteiger partial charge in [-0.05, 0) is 37.5 Å². The average Bonchev–Trinajstić information content (AvgIpc) is 3.17. The quantitative estimate of drug-likeness (QED) is 0.771. The molecular formula is C16H18ClN3O4. The van der Waals surface area contributed by atoms with Crippen molar-refractivity contribution in [1.82, 2.24) is 10.6 Å². The predicted octanol–water partition coefficient (Wildman–Crippen LogP) is 1.85. The number of nitrogens with one attached hydrogen (secondary N) is 2. The molecule has 24 heavy (non-hydrogen) atoms. The molecule has 8 heteroatoms. The number of hydrogen-bond acceptors (Lipinski definition) is 3. The Bertz CT molecular complexity index is 694. The summed E-state index contributed by atoms with van der Waals surface area (Å²) in [6.07, 6.45) is 1.66. The Balaban J connectivity index is 1.71. The first kappa shape index (κ1) is 16.6. The first-order valence-electron chi connectivity index (χ1n) is 7.84. The minimum absolute atomic E-state index is 0.146. The van der Waals surface area contributed by atoms with Crippen LogP contribution < -0.4 is 15.5 Å². The summed E-state index contributed by atoms with van der Waals surface area (Å²) in [6.45, 7) is 1.02. The van der Waals surface area contributed by atoms with E-state index in [-0.39, 0.29) is 18.0 Å². The molecule has 1 aromatic rings. The molecule has 7 nitrogen and oxygen atoms in total. The smallest absolute Gasteiger partial charge is 0.322 e. The molecule has 2 fully saturated rings. The maximum Gasteiger partial charge on any atom is 0.322 e. The van der Waals surface area contributed by atoms with Crippen LogP contribution in [-0.4, -0.2) is 42.1 Å². The molecule has 0 unspecified atom stereocenters. The van der Waals surface area contributed by atoms with Gasteiger partial charge in [0, 0.05) is 24.7 Å². The van der Waals surface area contributed by atoms with Crippen molar-refractivity contribution >= 4 is 35.2 Å². The van der Waals surface area contributed by atoms with Crippen LogP contribution in [0.2, 0.25) is 5.02 Å². The fourth-order valence-corrected chi connectivity index (χ4v) is 3.39. The summed E-state index contributed by atoms with van der Waals surface area (Å²) in [7, 11) is 0. The number of carbonyl (C=O) groups is 3. The van der Waals surface area contributed by atoms with Crippen LogP contribution in [0.1, 0.15) is 29.6 Å². The third-order valence-corrected chi connectivity index (χ3v) is 4.79. The second-order valence-corrected chi connectivity index (χ2v) is 6.48. The summed E-state index contributed by atoms with van der Waals surface area (Å²) in [5.41, 5.74) is 0.891. The number of halogens is 1. The molecule has 128 valence electrons. The van der Waals surface area contributed by atoms with Gasteiger partial charge in [0.1, 0.15) is 0 Å². The number of nitrogens with zero attached hydrogens (tertiary/aromatic N) is 1. The fourth-order valence-electron chi connectivity index (χ4n) is 3.17. The third kappa shape index (κ3) is 3.31. The van der Waals surface area contributed by atoms with Gasteiger partial charge in [0.05, 0.1) is 16.6 Å². The fraction of sp³-hybridized carbons (Fsp3) is 0.438. The Hall–Kier alpha value is -2.28. The number of carbonyl (C=O) groups excluding carboxylic acids is 2. The van der Waals surface area contributed by atoms with Crippen molar-refractivity contribution in [2.24, 2.45) is 5.92 Å². The minimum Gasteiger partial charge on any atom is -0.481 e. The highest BCUT2D eigenvalue weighted by Crippen LogP contribution is 2.29. The second-order valence-electron chi connectivity index (χ2n) is 6.07. The van der Waals surface area contributed by atoms with Gasteiger partial charge in [-0.25, -0.2) is 4.79 Å². The third-order valence-electron chi connectivity index (χ3n) is 4.47. The summed E-state index contributed by atoms with van der Waals surface area (Å²) < 4.78 is 0. The molecule has 3 N–H and O–H groups in total. The normalized spacial score (nSPS) is 23.2. The van der Waals surface area contributed by atoms with Crippen molar-refractivity contribution in [3.05, 3.63) is 28.8 Å². The highest BCUT2D eigenvalue weighted by atomic mass is 35.5. The van der Waals surface area contributed by atoms with Crippen molar-refractivity contribution < 1.29 is 19.5 Å². The second kappa shape index (κ2) is 6.68. The lowest BCUT2D eigenvalue weighted by atomic mass is 10.1. The predicted molar refractivity (Wildman–Crippen MR) is 88.4 cm³/mol. The Morgan fingerprint density at radius 3 is 2.75 bits per heavy atom. The van der Waals surface area contributed by atoms with E-state index >= 15 is 0 Å². The lowest BCUT2D eigenvalue weighted by Crippen LogP contribution is -2.33. The van der Waals surface area contributed by atoms with E-state index < -0.39 is 11.9 Å². The zero-order valence-electron chi connectivity index (χ0n) is 12.9. The van der Waals surface area contributed by atoms with Crippen molar-refractivity contribution in [3.8, 4) is 0 Å². The molecule has 2 atom stereocenters. The molecule has 0 aromatic heterocycles. The number of carboxylic acid groups (broad SMARTS) is 1. The Morgan fingerprint density at radius 2 is 2.12 bits per heavy atom. The van der Waals surface area contributed by atoms with Crippen LogP contribution in [0.15, 0.2) is 18.2 Å². The molecule has 1 heterocycles. The van der Waals surface area contributed by atoms with Crippen LogP contribution in [-0.2, 0) is 4.79 Å². The highest BCUT2D eigenvalue weighted by Gasteiger charge is 2.31. The standard InChI is InChI=1S/C16H18ClN3O4/c17-12-4-2-9(8-13(12)20-6-5-18-16(20)24)14(21)19-11-3-1-10(7-11)15(22)23/h2,4,8,10-11H,1,3,5-7H2,(H,18,24)(H,19,21)(H,22,23)/t10-,11+/m1/s1. The SMILES string of the molecule is O=C(N[C@H]1CC[C@@H](C(=O)O)C1)c1ccc(Cl)c(N2CCNC2=O)c1. The van der Waals surface area contributed by atoms with Gasteiger partial charge < -0.3 is 15.7 Å². The van der Waals surface area contributed by atoms with Gasteiger partial charge in [0.15, 0.2) is 0 Å². The van der Waals surface area contributed by atoms with E-state index in [2.05, 4.69) is 10.6 Å². The molecule has 2 aliphatic rings. The van der Waals surface area contributed by atoms with E-state index in [0.29, 0.717) is 48.6 Å². The maximum absolute atomic E-state index is 12.4. The molecule has 1 saturated carbocycles. The van der Waals surface area contributed by atoms with E-state index in [0.717, 1.165) is 0 Å². The summed E-state index contributed by atoms with van der Waals surface area (Å²) in [5, 5.41) is 15.0. The molecule has 1 saturated heterocycles. The largest absolute Gasteiger partial charge is 0.481 e. The molecule has 3 rings (SSSR count). The number of aliphatic carboxylic acids is 1. The van der Waals surface area contributed by atoms with Crippen molar-refractivity contribution in [2.75, 3.05) is 18.0 Å². The lowest BCUT2D eigenvalue weighted by molar-refractivity contribution is -0.141. The number of hydrogen-bond donors (Lipinski definition) is 3. The first-order chi connectivity index (χ1) is 11.5. The minimum atomic E-state index is -0.819. The van der Waals surface area contributed by atoms with E-state index in [1.807, 2.05) is 0 Å². The van der Waals surface area contributed by atoms with Crippen molar-refractivity contribution in [3.63, 3.8) is 0 Å². The van der Waals surface area contributed by atoms with Gasteiger partial charge >= 0.3 is 12.0 Å². The number of anilines is 1. The monoisotopic (exact) mass is 351 g/mol. The molecule has 0 radical (unpaired) electrons. The zero-order valence-corrected chi connectivity index (χ0v) is 13.7. The zero-order chi connectivity index (χ0) is 17.3. The topological polar surface area (TPSA) is 98.7 Å². The van der Waals surface area contributed by atoms with Crippen molar-refractivity contribution in [2.45, 2.75) is 25.3 Å². The van der Waals surface area contributed by atoms with Gasteiger partial charge in [-0.15, -0.1) is 0 Å². The molecule has 1 aliphatic carbocycles. The van der Waals surface area contributed by atoms with E-state index in [4.69, 9.17) is 16.7 Å². The number of carboxylic acids is 1. The van der Waals surface area contributed by atoms with Crippen LogP contribution >= 0.6 is 11.6 Å². The van der Waals surface area contributed by atoms with Crippen LogP contribution in [0.5, 0.6) is 0 Å². The lowest BCUT2D eigenvalue weighted by Gasteiger charge is -2.18. The molecule has 0 bridgehead atoms. The van der Waals surface area contributed by atoms with Gasteiger partial charge in [-0.2, -0.15) is 0 Å². The van der Waals surface area contributed by atoms with Crippen LogP contribution in [0.25, 0.3) is 0 Å². The summed E-state index contributed by atoms with van der Waals surface area (Å²) in [4.78, 5) is 36.7. The van der Waals surface area contributed by atoms with Crippen LogP contribution in [0, 0.1) is 5.92 Å². The number of benzene rings is 1. The number of amides is 3. The maximum atomic E-state index is 12.4. The number of rotatable bonds is 4. The van der Waals surface area contributed by atoms with Gasteiger partial charge in [0.25, 0.3) is 5.91 Å². The average molecular weight is 352 g/mol. The first-order valence-corrected chi connectivity index (χ1v) is 8.22.